The van der Waals surface area contributed by atoms with E-state index in [9.17, 15) is 9.59 Å². The molecule has 3 aliphatic rings. The van der Waals surface area contributed by atoms with Crippen LogP contribution in [-0.2, 0) is 9.59 Å². The second-order valence-corrected chi connectivity index (χ2v) is 6.53. The smallest absolute Gasteiger partial charge is 0.238 e. The highest BCUT2D eigenvalue weighted by atomic mass is 16.5. The number of allylic oxidation sites excluding steroid dienone is 3. The van der Waals surface area contributed by atoms with Gasteiger partial charge in [-0.3, -0.25) is 15.0 Å². The molecule has 27 heavy (non-hydrogen) atoms. The lowest BCUT2D eigenvalue weighted by Gasteiger charge is -2.24. The average molecular weight is 362 g/mol. The molecule has 1 unspecified atom stereocenters. The van der Waals surface area contributed by atoms with Crippen LogP contribution in [0.3, 0.4) is 0 Å². The van der Waals surface area contributed by atoms with Gasteiger partial charge in [-0.05, 0) is 25.1 Å². The van der Waals surface area contributed by atoms with E-state index in [-0.39, 0.29) is 35.5 Å². The summed E-state index contributed by atoms with van der Waals surface area (Å²) >= 11 is 0. The second kappa shape index (κ2) is 6.35. The van der Waals surface area contributed by atoms with Crippen LogP contribution in [0, 0.1) is 11.3 Å². The van der Waals surface area contributed by atoms with Crippen molar-refractivity contribution in [3.05, 3.63) is 59.5 Å². The Bertz CT molecular complexity index is 1000. The molecule has 1 aromatic rings. The number of aliphatic imine (C=N–C) groups is 1. The van der Waals surface area contributed by atoms with Crippen LogP contribution < -0.4 is 15.0 Å². The number of Topliss-reactive ketones (excluding diaryl/α,β-unsaturated/α-hetero) is 1. The minimum Gasteiger partial charge on any atom is -0.497 e. The van der Waals surface area contributed by atoms with Crippen molar-refractivity contribution in [2.45, 2.75) is 6.92 Å². The van der Waals surface area contributed by atoms with Crippen LogP contribution >= 0.6 is 0 Å². The van der Waals surface area contributed by atoms with Gasteiger partial charge in [-0.25, -0.2) is 4.99 Å². The van der Waals surface area contributed by atoms with Gasteiger partial charge in [-0.1, -0.05) is 23.8 Å². The van der Waals surface area contributed by atoms with E-state index in [4.69, 9.17) is 10.1 Å². The quantitative estimate of drug-likeness (QED) is 0.787. The monoisotopic (exact) mass is 362 g/mol. The van der Waals surface area contributed by atoms with Crippen molar-refractivity contribution in [3.8, 4) is 5.75 Å². The third kappa shape index (κ3) is 2.87. The van der Waals surface area contributed by atoms with Gasteiger partial charge in [0.2, 0.25) is 5.91 Å². The second-order valence-electron chi connectivity index (χ2n) is 6.53. The van der Waals surface area contributed by atoms with Gasteiger partial charge >= 0.3 is 0 Å². The predicted molar refractivity (Wildman–Crippen MR) is 102 cm³/mol. The number of carbonyl (C=O) groups is 2. The van der Waals surface area contributed by atoms with Crippen molar-refractivity contribution in [2.24, 2.45) is 10.9 Å². The summed E-state index contributed by atoms with van der Waals surface area (Å²) in [4.78, 5) is 31.1. The standard InChI is InChI=1S/C20H18N4O3/c1-11-6-7-15-14(8-11)20(26)23-19(22-15)17-16(25)10-24(18(17)21)12-4-3-5-13(9-12)27-2/h3-9,14,21H,10H2,1-2H3,(H,23,26)/b19-17-,21-18?. The predicted octanol–water partition coefficient (Wildman–Crippen LogP) is 1.98. The maximum absolute atomic E-state index is 12.6. The van der Waals surface area contributed by atoms with Crippen LogP contribution in [0.5, 0.6) is 5.75 Å². The average Bonchev–Trinajstić information content (AvgIpc) is 2.96. The normalized spacial score (nSPS) is 24.4. The van der Waals surface area contributed by atoms with Crippen molar-refractivity contribution in [3.63, 3.8) is 0 Å². The Morgan fingerprint density at radius 1 is 1.30 bits per heavy atom. The zero-order chi connectivity index (χ0) is 19.1. The fourth-order valence-electron chi connectivity index (χ4n) is 3.32. The summed E-state index contributed by atoms with van der Waals surface area (Å²) in [5, 5.41) is 11.2. The number of hydrogen-bond donors (Lipinski definition) is 2. The van der Waals surface area contributed by atoms with E-state index in [0.29, 0.717) is 17.1 Å². The molecule has 0 spiro atoms. The Balaban J connectivity index is 1.73. The first kappa shape index (κ1) is 17.0. The summed E-state index contributed by atoms with van der Waals surface area (Å²) in [6.45, 7) is 1.93. The van der Waals surface area contributed by atoms with Gasteiger partial charge in [0.15, 0.2) is 5.78 Å². The highest BCUT2D eigenvalue weighted by Gasteiger charge is 2.37. The van der Waals surface area contributed by atoms with Crippen molar-refractivity contribution in [2.75, 3.05) is 18.6 Å². The fraction of sp³-hybridized carbons (Fsp3) is 0.200. The first-order chi connectivity index (χ1) is 13.0. The van der Waals surface area contributed by atoms with Crippen LogP contribution in [0.2, 0.25) is 0 Å². The van der Waals surface area contributed by atoms with Crippen LogP contribution in [0.25, 0.3) is 0 Å². The molecule has 1 amide bonds. The topological polar surface area (TPSA) is 94.8 Å². The largest absolute Gasteiger partial charge is 0.497 e. The molecule has 1 aromatic carbocycles. The Morgan fingerprint density at radius 3 is 2.89 bits per heavy atom. The molecule has 2 heterocycles. The van der Waals surface area contributed by atoms with Gasteiger partial charge in [0, 0.05) is 11.8 Å². The number of ether oxygens (including phenoxy) is 1. The zero-order valence-electron chi connectivity index (χ0n) is 14.9. The van der Waals surface area contributed by atoms with E-state index in [1.54, 1.807) is 42.4 Å². The molecule has 1 aliphatic carbocycles. The van der Waals surface area contributed by atoms with Gasteiger partial charge in [0.1, 0.15) is 23.0 Å². The van der Waals surface area contributed by atoms with Gasteiger partial charge in [-0.2, -0.15) is 0 Å². The lowest BCUT2D eigenvalue weighted by atomic mass is 9.92. The minimum absolute atomic E-state index is 0.0119. The molecule has 0 radical (unpaired) electrons. The van der Waals surface area contributed by atoms with E-state index in [0.717, 1.165) is 5.57 Å². The van der Waals surface area contributed by atoms with E-state index < -0.39 is 5.92 Å². The third-order valence-electron chi connectivity index (χ3n) is 4.72. The van der Waals surface area contributed by atoms with E-state index in [1.807, 2.05) is 19.1 Å². The molecule has 1 atom stereocenters. The summed E-state index contributed by atoms with van der Waals surface area (Å²) in [5.41, 5.74) is 2.36. The van der Waals surface area contributed by atoms with Gasteiger partial charge < -0.3 is 15.0 Å². The first-order valence-electron chi connectivity index (χ1n) is 8.52. The molecule has 4 rings (SSSR count). The summed E-state index contributed by atoms with van der Waals surface area (Å²) < 4.78 is 5.22. The SMILES string of the molecule is COc1cccc(N2CC(=O)/C(=C3\N=C4C=CC(C)=CC4C(=O)N3)C2=N)c1. The Morgan fingerprint density at radius 2 is 2.11 bits per heavy atom. The first-order valence-corrected chi connectivity index (χ1v) is 8.52. The van der Waals surface area contributed by atoms with Gasteiger partial charge in [0.05, 0.1) is 25.3 Å². The zero-order valence-corrected chi connectivity index (χ0v) is 14.9. The van der Waals surface area contributed by atoms with Crippen LogP contribution in [-0.4, -0.2) is 36.9 Å². The number of nitrogens with zero attached hydrogens (tertiary/aromatic N) is 2. The highest BCUT2D eigenvalue weighted by molar-refractivity contribution is 6.34. The molecule has 0 aromatic heterocycles. The number of amides is 1. The lowest BCUT2D eigenvalue weighted by Crippen LogP contribution is -2.40. The molecule has 2 N–H and O–H groups in total. The number of benzene rings is 1. The lowest BCUT2D eigenvalue weighted by molar-refractivity contribution is -0.121. The number of ketones is 1. The molecule has 7 heteroatoms. The molecule has 136 valence electrons. The number of amidine groups is 1. The minimum atomic E-state index is -0.459. The van der Waals surface area contributed by atoms with Crippen molar-refractivity contribution >= 4 is 28.9 Å². The number of rotatable bonds is 2. The number of anilines is 1. The summed E-state index contributed by atoms with van der Waals surface area (Å²) in [6, 6.07) is 7.15. The molecule has 0 bridgehead atoms. The Labute approximate surface area is 156 Å². The number of fused-ring (bicyclic) bond motifs is 1. The summed E-state index contributed by atoms with van der Waals surface area (Å²) in [6.07, 6.45) is 5.49. The maximum atomic E-state index is 12.6. The van der Waals surface area contributed by atoms with Gasteiger partial charge in [-0.15, -0.1) is 0 Å². The highest BCUT2D eigenvalue weighted by Crippen LogP contribution is 2.29. The maximum Gasteiger partial charge on any atom is 0.238 e. The van der Waals surface area contributed by atoms with Crippen molar-refractivity contribution in [1.82, 2.24) is 5.32 Å². The van der Waals surface area contributed by atoms with Gasteiger partial charge in [0.25, 0.3) is 0 Å². The Hall–Kier alpha value is -3.48. The molecule has 7 nitrogen and oxygen atoms in total. The molecular weight excluding hydrogens is 344 g/mol. The van der Waals surface area contributed by atoms with Crippen LogP contribution in [0.15, 0.2) is 64.5 Å². The number of nitrogens with one attached hydrogen (secondary N) is 2. The number of hydrogen-bond acceptors (Lipinski definition) is 5. The summed E-state index contributed by atoms with van der Waals surface area (Å²) in [7, 11) is 1.56. The Kier molecular flexibility index (Phi) is 3.99. The molecule has 1 fully saturated rings. The third-order valence-corrected chi connectivity index (χ3v) is 4.72. The van der Waals surface area contributed by atoms with Crippen LogP contribution in [0.1, 0.15) is 6.92 Å². The van der Waals surface area contributed by atoms with E-state index in [1.165, 1.54) is 0 Å². The summed E-state index contributed by atoms with van der Waals surface area (Å²) in [5.74, 6) is -0.168. The molecule has 0 saturated carbocycles. The van der Waals surface area contributed by atoms with Crippen molar-refractivity contribution in [1.29, 1.82) is 5.41 Å². The molecular formula is C20H18N4O3. The van der Waals surface area contributed by atoms with E-state index in [2.05, 4.69) is 10.3 Å². The van der Waals surface area contributed by atoms with E-state index >= 15 is 0 Å². The van der Waals surface area contributed by atoms with Crippen LogP contribution in [0.4, 0.5) is 5.69 Å². The van der Waals surface area contributed by atoms with Crippen molar-refractivity contribution < 1.29 is 14.3 Å². The fourth-order valence-corrected chi connectivity index (χ4v) is 3.32. The molecule has 1 saturated heterocycles. The number of methoxy groups -OCH3 is 1. The number of carbonyl (C=O) groups excluding carboxylic acids is 2. The molecule has 2 aliphatic heterocycles.